The minimum atomic E-state index is -0.109. The van der Waals surface area contributed by atoms with Crippen LogP contribution in [0.4, 0.5) is 5.69 Å². The molecule has 0 saturated carbocycles. The molecule has 0 aliphatic carbocycles. The second-order valence-corrected chi connectivity index (χ2v) is 8.36. The van der Waals surface area contributed by atoms with Gasteiger partial charge in [-0.15, -0.1) is 10.2 Å². The van der Waals surface area contributed by atoms with Crippen molar-refractivity contribution in [3.63, 3.8) is 0 Å². The van der Waals surface area contributed by atoms with Crippen LogP contribution in [0.3, 0.4) is 0 Å². The Morgan fingerprint density at radius 1 is 1.00 bits per heavy atom. The first kappa shape index (κ1) is 21.6. The molecule has 0 aliphatic rings. The second-order valence-electron chi connectivity index (χ2n) is 7.42. The van der Waals surface area contributed by atoms with Crippen molar-refractivity contribution >= 4 is 23.4 Å². The van der Waals surface area contributed by atoms with E-state index in [1.165, 1.54) is 17.3 Å². The normalized spacial score (nSPS) is 10.8. The topological polar surface area (TPSA) is 80.0 Å². The zero-order valence-corrected chi connectivity index (χ0v) is 18.5. The number of aryl methyl sites for hydroxylation is 2. The number of aromatic nitrogens is 3. The van der Waals surface area contributed by atoms with Crippen molar-refractivity contribution < 1.29 is 9.90 Å². The van der Waals surface area contributed by atoms with Crippen LogP contribution in [0.5, 0.6) is 5.75 Å². The molecule has 0 saturated heterocycles. The first-order chi connectivity index (χ1) is 15.6. The summed E-state index contributed by atoms with van der Waals surface area (Å²) in [7, 11) is 0. The summed E-state index contributed by atoms with van der Waals surface area (Å²) in [6, 6.07) is 24.9. The lowest BCUT2D eigenvalue weighted by atomic mass is 10.1. The molecule has 0 fully saturated rings. The maximum atomic E-state index is 12.5. The molecule has 162 valence electrons. The number of phenols is 1. The van der Waals surface area contributed by atoms with Gasteiger partial charge >= 0.3 is 0 Å². The quantitative estimate of drug-likeness (QED) is 0.377. The van der Waals surface area contributed by atoms with E-state index in [0.29, 0.717) is 23.1 Å². The fraction of sp³-hybridized carbons (Fsp3) is 0.160. The van der Waals surface area contributed by atoms with Crippen LogP contribution in [0.25, 0.3) is 11.4 Å². The number of carbonyl (C=O) groups excluding carboxylic acids is 1. The number of rotatable bonds is 8. The maximum Gasteiger partial charge on any atom is 0.234 e. The van der Waals surface area contributed by atoms with Gasteiger partial charge in [0.25, 0.3) is 0 Å². The summed E-state index contributed by atoms with van der Waals surface area (Å²) in [5, 5.41) is 22.6. The summed E-state index contributed by atoms with van der Waals surface area (Å²) < 4.78 is 1.96. The number of carbonyl (C=O) groups is 1. The predicted molar refractivity (Wildman–Crippen MR) is 128 cm³/mol. The number of hydrogen-bond acceptors (Lipinski definition) is 5. The number of para-hydroxylation sites is 1. The SMILES string of the molecule is Cc1cccc(NC(=O)CSc2nnc(-c3ccccc3O)n2CCc2ccccc2)c1. The van der Waals surface area contributed by atoms with Crippen LogP contribution < -0.4 is 5.32 Å². The number of nitrogens with zero attached hydrogens (tertiary/aromatic N) is 3. The number of amides is 1. The molecule has 1 heterocycles. The molecule has 2 N–H and O–H groups in total. The zero-order chi connectivity index (χ0) is 22.3. The van der Waals surface area contributed by atoms with Gasteiger partial charge in [0.1, 0.15) is 5.75 Å². The molecule has 3 aromatic carbocycles. The van der Waals surface area contributed by atoms with Crippen LogP contribution in [0, 0.1) is 6.92 Å². The first-order valence-corrected chi connectivity index (χ1v) is 11.3. The lowest BCUT2D eigenvalue weighted by Gasteiger charge is -2.11. The molecule has 6 nitrogen and oxygen atoms in total. The number of thioether (sulfide) groups is 1. The molecule has 1 amide bonds. The van der Waals surface area contributed by atoms with Gasteiger partial charge in [-0.2, -0.15) is 0 Å². The summed E-state index contributed by atoms with van der Waals surface area (Å²) >= 11 is 1.33. The van der Waals surface area contributed by atoms with Crippen molar-refractivity contribution in [2.75, 3.05) is 11.1 Å². The predicted octanol–water partition coefficient (Wildman–Crippen LogP) is 4.93. The zero-order valence-electron chi connectivity index (χ0n) is 17.7. The van der Waals surface area contributed by atoms with Crippen molar-refractivity contribution in [3.05, 3.63) is 90.0 Å². The molecule has 32 heavy (non-hydrogen) atoms. The third kappa shape index (κ3) is 5.36. The number of benzene rings is 3. The molecule has 0 spiro atoms. The van der Waals surface area contributed by atoms with Gasteiger partial charge in [-0.05, 0) is 48.7 Å². The molecule has 0 radical (unpaired) electrons. The van der Waals surface area contributed by atoms with E-state index >= 15 is 0 Å². The van der Waals surface area contributed by atoms with Crippen LogP contribution in [0.15, 0.2) is 84.0 Å². The summed E-state index contributed by atoms with van der Waals surface area (Å²) in [4.78, 5) is 12.5. The van der Waals surface area contributed by atoms with Gasteiger partial charge < -0.3 is 15.0 Å². The minimum Gasteiger partial charge on any atom is -0.507 e. The van der Waals surface area contributed by atoms with E-state index in [2.05, 4.69) is 27.6 Å². The van der Waals surface area contributed by atoms with Crippen molar-refractivity contribution in [2.24, 2.45) is 0 Å². The van der Waals surface area contributed by atoms with E-state index in [9.17, 15) is 9.90 Å². The molecule has 4 rings (SSSR count). The Bertz CT molecular complexity index is 1210. The fourth-order valence-corrected chi connectivity index (χ4v) is 4.16. The van der Waals surface area contributed by atoms with Crippen molar-refractivity contribution in [3.8, 4) is 17.1 Å². The van der Waals surface area contributed by atoms with Gasteiger partial charge in [0.2, 0.25) is 5.91 Å². The molecule has 1 aromatic heterocycles. The van der Waals surface area contributed by atoms with Gasteiger partial charge in [-0.25, -0.2) is 0 Å². The van der Waals surface area contributed by atoms with E-state index in [-0.39, 0.29) is 17.4 Å². The lowest BCUT2D eigenvalue weighted by Crippen LogP contribution is -2.15. The number of hydrogen-bond donors (Lipinski definition) is 2. The Labute approximate surface area is 191 Å². The Hall–Kier alpha value is -3.58. The maximum absolute atomic E-state index is 12.5. The molecule has 7 heteroatoms. The highest BCUT2D eigenvalue weighted by Gasteiger charge is 2.18. The first-order valence-electron chi connectivity index (χ1n) is 10.3. The number of nitrogens with one attached hydrogen (secondary N) is 1. The third-order valence-electron chi connectivity index (χ3n) is 4.96. The molecule has 0 bridgehead atoms. The second kappa shape index (κ2) is 10.2. The molecular formula is C25H24N4O2S. The van der Waals surface area contributed by atoms with E-state index in [1.54, 1.807) is 12.1 Å². The largest absolute Gasteiger partial charge is 0.507 e. The summed E-state index contributed by atoms with van der Waals surface area (Å²) in [5.74, 6) is 0.829. The van der Waals surface area contributed by atoms with Gasteiger partial charge in [0.15, 0.2) is 11.0 Å². The van der Waals surface area contributed by atoms with E-state index in [4.69, 9.17) is 0 Å². The van der Waals surface area contributed by atoms with Crippen molar-refractivity contribution in [1.29, 1.82) is 0 Å². The Kier molecular flexibility index (Phi) is 6.87. The minimum absolute atomic E-state index is 0.109. The number of anilines is 1. The molecule has 0 atom stereocenters. The number of aromatic hydroxyl groups is 1. The van der Waals surface area contributed by atoms with Gasteiger partial charge in [0, 0.05) is 12.2 Å². The van der Waals surface area contributed by atoms with E-state index in [0.717, 1.165) is 17.7 Å². The van der Waals surface area contributed by atoms with Gasteiger partial charge in [0.05, 0.1) is 11.3 Å². The summed E-state index contributed by atoms with van der Waals surface area (Å²) in [5.41, 5.74) is 3.67. The summed E-state index contributed by atoms with van der Waals surface area (Å²) in [6.45, 7) is 2.61. The van der Waals surface area contributed by atoms with E-state index < -0.39 is 0 Å². The smallest absolute Gasteiger partial charge is 0.234 e. The van der Waals surface area contributed by atoms with Crippen molar-refractivity contribution in [2.45, 2.75) is 25.0 Å². The number of phenolic OH excluding ortho intramolecular Hbond substituents is 1. The third-order valence-corrected chi connectivity index (χ3v) is 5.93. The average molecular weight is 445 g/mol. The Balaban J connectivity index is 1.53. The highest BCUT2D eigenvalue weighted by molar-refractivity contribution is 7.99. The summed E-state index contributed by atoms with van der Waals surface area (Å²) in [6.07, 6.45) is 0.780. The molecule has 0 unspecified atom stereocenters. The highest BCUT2D eigenvalue weighted by Crippen LogP contribution is 2.30. The van der Waals surface area contributed by atoms with Crippen LogP contribution in [-0.4, -0.2) is 31.5 Å². The molecule has 4 aromatic rings. The average Bonchev–Trinajstić information content (AvgIpc) is 3.20. The van der Waals surface area contributed by atoms with Gasteiger partial charge in [-0.1, -0.05) is 66.4 Å². The Morgan fingerprint density at radius 3 is 2.56 bits per heavy atom. The van der Waals surface area contributed by atoms with Crippen LogP contribution in [0.1, 0.15) is 11.1 Å². The highest BCUT2D eigenvalue weighted by atomic mass is 32.2. The van der Waals surface area contributed by atoms with Gasteiger partial charge in [-0.3, -0.25) is 4.79 Å². The molecular weight excluding hydrogens is 420 g/mol. The van der Waals surface area contributed by atoms with Crippen LogP contribution in [-0.2, 0) is 17.8 Å². The monoisotopic (exact) mass is 444 g/mol. The Morgan fingerprint density at radius 2 is 1.78 bits per heavy atom. The molecule has 0 aliphatic heterocycles. The standard InChI is InChI=1S/C25H24N4O2S/c1-18-8-7-11-20(16-18)26-23(31)17-32-25-28-27-24(21-12-5-6-13-22(21)30)29(25)15-14-19-9-3-2-4-10-19/h2-13,16,30H,14-15,17H2,1H3,(H,26,31). The fourth-order valence-electron chi connectivity index (χ4n) is 3.39. The lowest BCUT2D eigenvalue weighted by molar-refractivity contribution is -0.113. The van der Waals surface area contributed by atoms with Crippen LogP contribution >= 0.6 is 11.8 Å². The van der Waals surface area contributed by atoms with Crippen LogP contribution in [0.2, 0.25) is 0 Å². The van der Waals surface area contributed by atoms with E-state index in [1.807, 2.05) is 66.1 Å². The van der Waals surface area contributed by atoms with Crippen molar-refractivity contribution in [1.82, 2.24) is 14.8 Å².